The van der Waals surface area contributed by atoms with E-state index >= 15 is 0 Å². The van der Waals surface area contributed by atoms with Crippen LogP contribution in [0.15, 0.2) is 47.0 Å². The van der Waals surface area contributed by atoms with Gasteiger partial charge in [-0.05, 0) is 31.2 Å². The Labute approximate surface area is 141 Å². The van der Waals surface area contributed by atoms with Crippen molar-refractivity contribution in [1.29, 1.82) is 0 Å². The van der Waals surface area contributed by atoms with E-state index in [1.807, 2.05) is 49.4 Å². The second-order valence-corrected chi connectivity index (χ2v) is 6.45. The Morgan fingerprint density at radius 1 is 1.25 bits per heavy atom. The summed E-state index contributed by atoms with van der Waals surface area (Å²) in [5.74, 6) is 0. The molecule has 4 aromatic rings. The average molecular weight is 338 g/mol. The predicted octanol–water partition coefficient (Wildman–Crippen LogP) is 4.07. The average Bonchev–Trinajstić information content (AvgIpc) is 3.15. The first kappa shape index (κ1) is 14.6. The van der Waals surface area contributed by atoms with Gasteiger partial charge in [-0.15, -0.1) is 0 Å². The number of aromatic nitrogens is 2. The fourth-order valence-electron chi connectivity index (χ4n) is 2.46. The van der Waals surface area contributed by atoms with Crippen LogP contribution in [0, 0.1) is 6.92 Å². The highest BCUT2D eigenvalue weighted by Crippen LogP contribution is 2.25. The lowest BCUT2D eigenvalue weighted by Crippen LogP contribution is -2.28. The molecule has 0 aliphatic heterocycles. The fraction of sp³-hybridized carbons (Fsp3) is 0.118. The normalized spacial score (nSPS) is 11.0. The molecule has 4 rings (SSSR count). The van der Waals surface area contributed by atoms with Crippen molar-refractivity contribution in [2.45, 2.75) is 13.5 Å². The molecule has 120 valence electrons. The number of hydrogen-bond donors (Lipinski definition) is 2. The van der Waals surface area contributed by atoms with E-state index in [9.17, 15) is 4.79 Å². The number of nitrogens with one attached hydrogen (secondary N) is 2. The maximum atomic E-state index is 12.1. The predicted molar refractivity (Wildman–Crippen MR) is 94.2 cm³/mol. The minimum atomic E-state index is -0.321. The molecule has 0 saturated heterocycles. The molecule has 0 bridgehead atoms. The highest BCUT2D eigenvalue weighted by Gasteiger charge is 2.11. The highest BCUT2D eigenvalue weighted by molar-refractivity contribution is 7.22. The molecular formula is C17H14N4O2S. The number of benzene rings is 2. The lowest BCUT2D eigenvalue weighted by atomic mass is 10.1. The van der Waals surface area contributed by atoms with Crippen LogP contribution in [0.3, 0.4) is 0 Å². The second-order valence-electron chi connectivity index (χ2n) is 5.42. The number of para-hydroxylation sites is 1. The third-order valence-corrected chi connectivity index (χ3v) is 4.58. The summed E-state index contributed by atoms with van der Waals surface area (Å²) < 4.78 is 6.30. The molecular weight excluding hydrogens is 324 g/mol. The number of amides is 2. The number of carbonyl (C=O) groups excluding carboxylic acids is 1. The smallest absolute Gasteiger partial charge is 0.321 e. The quantitative estimate of drug-likeness (QED) is 0.590. The number of aryl methyl sites for hydroxylation is 1. The van der Waals surface area contributed by atoms with Crippen molar-refractivity contribution in [2.75, 3.05) is 5.32 Å². The van der Waals surface area contributed by atoms with Crippen LogP contribution in [0.1, 0.15) is 11.3 Å². The van der Waals surface area contributed by atoms with Gasteiger partial charge in [0, 0.05) is 5.39 Å². The van der Waals surface area contributed by atoms with E-state index in [1.54, 1.807) is 0 Å². The molecule has 7 heteroatoms. The maximum Gasteiger partial charge on any atom is 0.321 e. The van der Waals surface area contributed by atoms with Gasteiger partial charge in [0.05, 0.1) is 16.8 Å². The molecule has 24 heavy (non-hydrogen) atoms. The first-order valence-corrected chi connectivity index (χ1v) is 8.26. The molecule has 0 spiro atoms. The maximum absolute atomic E-state index is 12.1. The van der Waals surface area contributed by atoms with E-state index < -0.39 is 0 Å². The van der Waals surface area contributed by atoms with Crippen molar-refractivity contribution in [3.05, 3.63) is 53.7 Å². The standard InChI is InChI=1S/C17H14N4O2S/c1-10-6-7-14-11(8-10)13(21-23-14)9-18-16(22)20-17-19-12-4-2-3-5-15(12)24-17/h2-8H,9H2,1H3,(H2,18,19,20,22). The van der Waals surface area contributed by atoms with Gasteiger partial charge < -0.3 is 9.84 Å². The van der Waals surface area contributed by atoms with Crippen molar-refractivity contribution in [3.63, 3.8) is 0 Å². The minimum absolute atomic E-state index is 0.285. The fourth-order valence-corrected chi connectivity index (χ4v) is 3.32. The molecule has 2 heterocycles. The molecule has 6 nitrogen and oxygen atoms in total. The number of rotatable bonds is 3. The van der Waals surface area contributed by atoms with Gasteiger partial charge in [0.25, 0.3) is 0 Å². The van der Waals surface area contributed by atoms with E-state index in [-0.39, 0.29) is 12.6 Å². The van der Waals surface area contributed by atoms with Crippen LogP contribution in [0.2, 0.25) is 0 Å². The van der Waals surface area contributed by atoms with Crippen LogP contribution in [-0.2, 0) is 6.54 Å². The number of hydrogen-bond acceptors (Lipinski definition) is 5. The summed E-state index contributed by atoms with van der Waals surface area (Å²) in [5.41, 5.74) is 3.40. The summed E-state index contributed by atoms with van der Waals surface area (Å²) in [4.78, 5) is 16.4. The van der Waals surface area contributed by atoms with Gasteiger partial charge in [-0.2, -0.15) is 0 Å². The molecule has 0 saturated carbocycles. The van der Waals surface area contributed by atoms with E-state index in [0.29, 0.717) is 16.4 Å². The van der Waals surface area contributed by atoms with Gasteiger partial charge in [-0.3, -0.25) is 5.32 Å². The topological polar surface area (TPSA) is 80.0 Å². The summed E-state index contributed by atoms with van der Waals surface area (Å²) in [6.07, 6.45) is 0. The van der Waals surface area contributed by atoms with E-state index in [4.69, 9.17) is 4.52 Å². The van der Waals surface area contributed by atoms with E-state index in [1.165, 1.54) is 11.3 Å². The Balaban J connectivity index is 1.45. The number of fused-ring (bicyclic) bond motifs is 2. The molecule has 0 fully saturated rings. The Bertz CT molecular complexity index is 1000. The molecule has 0 atom stereocenters. The first-order chi connectivity index (χ1) is 11.7. The van der Waals surface area contributed by atoms with Crippen molar-refractivity contribution in [2.24, 2.45) is 0 Å². The molecule has 0 aliphatic carbocycles. The Morgan fingerprint density at radius 3 is 3.00 bits per heavy atom. The monoisotopic (exact) mass is 338 g/mol. The van der Waals surface area contributed by atoms with Crippen LogP contribution in [0.25, 0.3) is 21.2 Å². The largest absolute Gasteiger partial charge is 0.356 e. The highest BCUT2D eigenvalue weighted by atomic mass is 32.1. The summed E-state index contributed by atoms with van der Waals surface area (Å²) >= 11 is 1.44. The SMILES string of the molecule is Cc1ccc2onc(CNC(=O)Nc3nc4ccccc4s3)c2c1. The Morgan fingerprint density at radius 2 is 2.12 bits per heavy atom. The van der Waals surface area contributed by atoms with Crippen LogP contribution < -0.4 is 10.6 Å². The van der Waals surface area contributed by atoms with Crippen LogP contribution >= 0.6 is 11.3 Å². The molecule has 2 aromatic heterocycles. The number of carbonyl (C=O) groups is 1. The third-order valence-electron chi connectivity index (χ3n) is 3.63. The van der Waals surface area contributed by atoms with Gasteiger partial charge in [0.15, 0.2) is 10.7 Å². The summed E-state index contributed by atoms with van der Waals surface area (Å²) in [6, 6.07) is 13.3. The van der Waals surface area contributed by atoms with Crippen LogP contribution in [0.5, 0.6) is 0 Å². The van der Waals surface area contributed by atoms with E-state index in [0.717, 1.165) is 21.2 Å². The number of thiazole rings is 1. The lowest BCUT2D eigenvalue weighted by Gasteiger charge is -2.03. The van der Waals surface area contributed by atoms with Crippen molar-refractivity contribution < 1.29 is 9.32 Å². The van der Waals surface area contributed by atoms with Gasteiger partial charge in [-0.25, -0.2) is 9.78 Å². The van der Waals surface area contributed by atoms with Gasteiger partial charge in [-0.1, -0.05) is 40.3 Å². The zero-order chi connectivity index (χ0) is 16.5. The summed E-state index contributed by atoms with van der Waals surface area (Å²) in [7, 11) is 0. The summed E-state index contributed by atoms with van der Waals surface area (Å²) in [5, 5.41) is 11.0. The second kappa shape index (κ2) is 5.93. The van der Waals surface area contributed by atoms with Crippen molar-refractivity contribution >= 4 is 43.7 Å². The number of anilines is 1. The Hall–Kier alpha value is -2.93. The minimum Gasteiger partial charge on any atom is -0.356 e. The Kier molecular flexibility index (Phi) is 3.62. The van der Waals surface area contributed by atoms with Gasteiger partial charge in [0.2, 0.25) is 0 Å². The molecule has 0 aliphatic rings. The van der Waals surface area contributed by atoms with E-state index in [2.05, 4.69) is 20.8 Å². The third kappa shape index (κ3) is 2.81. The first-order valence-electron chi connectivity index (χ1n) is 7.44. The molecule has 2 amide bonds. The van der Waals surface area contributed by atoms with Crippen LogP contribution in [0.4, 0.5) is 9.93 Å². The van der Waals surface area contributed by atoms with Gasteiger partial charge in [0.1, 0.15) is 5.69 Å². The zero-order valence-electron chi connectivity index (χ0n) is 12.9. The number of nitrogens with zero attached hydrogens (tertiary/aromatic N) is 2. The zero-order valence-corrected chi connectivity index (χ0v) is 13.7. The molecule has 0 radical (unpaired) electrons. The van der Waals surface area contributed by atoms with Crippen molar-refractivity contribution in [1.82, 2.24) is 15.5 Å². The molecule has 2 aromatic carbocycles. The number of urea groups is 1. The lowest BCUT2D eigenvalue weighted by molar-refractivity contribution is 0.251. The molecule has 0 unspecified atom stereocenters. The summed E-state index contributed by atoms with van der Waals surface area (Å²) in [6.45, 7) is 2.29. The van der Waals surface area contributed by atoms with Crippen molar-refractivity contribution in [3.8, 4) is 0 Å². The molecule has 2 N–H and O–H groups in total. The van der Waals surface area contributed by atoms with Crippen LogP contribution in [-0.4, -0.2) is 16.2 Å². The van der Waals surface area contributed by atoms with Gasteiger partial charge >= 0.3 is 6.03 Å².